The van der Waals surface area contributed by atoms with Gasteiger partial charge in [-0.15, -0.1) is 0 Å². The molecule has 0 aromatic heterocycles. The smallest absolute Gasteiger partial charge is 0.0713 e. The predicted molar refractivity (Wildman–Crippen MR) is 303 cm³/mol. The Morgan fingerprint density at radius 3 is 1.32 bits per heavy atom. The van der Waals surface area contributed by atoms with Crippen LogP contribution in [0.5, 0.6) is 0 Å². The molecule has 0 N–H and O–H groups in total. The molecule has 338 valence electrons. The Hall–Kier alpha value is -9.30. The van der Waals surface area contributed by atoms with Crippen LogP contribution in [0.25, 0.3) is 77.5 Å². The highest BCUT2D eigenvalue weighted by molar-refractivity contribution is 5.98. The van der Waals surface area contributed by atoms with Crippen LogP contribution in [0.2, 0.25) is 0 Å². The summed E-state index contributed by atoms with van der Waals surface area (Å²) in [6.45, 7) is 0. The lowest BCUT2D eigenvalue weighted by Crippen LogP contribution is -2.28. The highest BCUT2D eigenvalue weighted by Crippen LogP contribution is 2.57. The fraction of sp³-hybridized carbons (Fsp3) is 0.0141. The van der Waals surface area contributed by atoms with Crippen LogP contribution >= 0.6 is 0 Å². The topological polar surface area (TPSA) is 3.24 Å². The molecule has 13 rings (SSSR count). The Morgan fingerprint density at radius 1 is 0.236 bits per heavy atom. The summed E-state index contributed by atoms with van der Waals surface area (Å²) in [7, 11) is 0. The second-order valence-electron chi connectivity index (χ2n) is 18.8. The van der Waals surface area contributed by atoms with Gasteiger partial charge in [0.2, 0.25) is 0 Å². The number of nitrogens with zero attached hydrogens (tertiary/aromatic N) is 1. The van der Waals surface area contributed by atoms with Crippen LogP contribution in [0.4, 0.5) is 17.1 Å². The molecule has 1 heteroatoms. The summed E-state index contributed by atoms with van der Waals surface area (Å²) >= 11 is 0. The Labute approximate surface area is 422 Å². The van der Waals surface area contributed by atoms with Gasteiger partial charge in [0.25, 0.3) is 0 Å². The molecule has 0 heterocycles. The molecule has 0 spiro atoms. The molecule has 0 saturated carbocycles. The Balaban J connectivity index is 0.930. The predicted octanol–water partition coefficient (Wildman–Crippen LogP) is 19.0. The second-order valence-corrected chi connectivity index (χ2v) is 18.8. The summed E-state index contributed by atoms with van der Waals surface area (Å²) in [5.74, 6) is 0. The Bertz CT molecular complexity index is 3850. The number of benzene rings is 12. The summed E-state index contributed by atoms with van der Waals surface area (Å²) in [6, 6.07) is 109. The maximum atomic E-state index is 2.45. The van der Waals surface area contributed by atoms with Crippen molar-refractivity contribution in [2.45, 2.75) is 5.41 Å². The molecule has 0 unspecified atom stereocenters. The summed E-state index contributed by atoms with van der Waals surface area (Å²) in [5.41, 5.74) is 22.4. The zero-order valence-electron chi connectivity index (χ0n) is 39.7. The lowest BCUT2D eigenvalue weighted by Gasteiger charge is -2.34. The van der Waals surface area contributed by atoms with Gasteiger partial charge in [-0.3, -0.25) is 0 Å². The fourth-order valence-electron chi connectivity index (χ4n) is 11.4. The molecule has 1 aliphatic carbocycles. The van der Waals surface area contributed by atoms with Crippen LogP contribution in [0.15, 0.2) is 297 Å². The van der Waals surface area contributed by atoms with E-state index in [1.807, 2.05) is 0 Å². The average molecular weight is 916 g/mol. The standard InChI is InChI=1S/C71H49N/c1-4-19-50(20-5-1)54-23-16-24-55(47-54)51-37-42-61(43-38-51)72(70-36-15-13-32-65(70)58-26-17-25-57(48-58)64-34-18-22-53-21-10-11-31-63(53)64)62-44-39-52(40-45-62)56-41-46-67-66-33-12-14-35-68(66)71(69(67)49-56,59-27-6-2-7-28-59)60-29-8-3-9-30-60/h1-49H. The van der Waals surface area contributed by atoms with Crippen LogP contribution in [0, 0.1) is 0 Å². The maximum Gasteiger partial charge on any atom is 0.0713 e. The maximum absolute atomic E-state index is 2.45. The van der Waals surface area contributed by atoms with Gasteiger partial charge in [-0.2, -0.15) is 0 Å². The normalized spacial score (nSPS) is 12.3. The molecule has 0 aliphatic heterocycles. The SMILES string of the molecule is c1ccc(-c2cccc(-c3ccc(N(c4ccc(-c5ccc6c(c5)C(c5ccccc5)(c5ccccc5)c5ccccc5-6)cc4)c4ccccc4-c4cccc(-c5cccc6ccccc56)c4)cc3)c2)cc1. The molecule has 12 aromatic rings. The minimum atomic E-state index is -0.467. The summed E-state index contributed by atoms with van der Waals surface area (Å²) in [6.07, 6.45) is 0. The van der Waals surface area contributed by atoms with Crippen molar-refractivity contribution < 1.29 is 0 Å². The zero-order chi connectivity index (χ0) is 47.8. The summed E-state index contributed by atoms with van der Waals surface area (Å²) < 4.78 is 0. The van der Waals surface area contributed by atoms with E-state index in [1.54, 1.807) is 0 Å². The van der Waals surface area contributed by atoms with Crippen molar-refractivity contribution in [2.24, 2.45) is 0 Å². The van der Waals surface area contributed by atoms with Gasteiger partial charge in [0, 0.05) is 16.9 Å². The van der Waals surface area contributed by atoms with Crippen LogP contribution < -0.4 is 4.90 Å². The first-order valence-electron chi connectivity index (χ1n) is 24.9. The third-order valence-corrected chi connectivity index (χ3v) is 14.8. The molecule has 0 saturated heterocycles. The van der Waals surface area contributed by atoms with E-state index < -0.39 is 5.41 Å². The number of anilines is 3. The van der Waals surface area contributed by atoms with E-state index in [0.717, 1.165) is 33.8 Å². The van der Waals surface area contributed by atoms with Crippen molar-refractivity contribution in [2.75, 3.05) is 4.90 Å². The van der Waals surface area contributed by atoms with Gasteiger partial charge in [-0.1, -0.05) is 249 Å². The molecule has 72 heavy (non-hydrogen) atoms. The first-order valence-corrected chi connectivity index (χ1v) is 24.9. The first-order chi connectivity index (χ1) is 35.7. The van der Waals surface area contributed by atoms with E-state index in [-0.39, 0.29) is 0 Å². The Morgan fingerprint density at radius 2 is 0.653 bits per heavy atom. The molecule has 0 bridgehead atoms. The van der Waals surface area contributed by atoms with E-state index in [1.165, 1.54) is 83.1 Å². The monoisotopic (exact) mass is 915 g/mol. The van der Waals surface area contributed by atoms with Crippen molar-refractivity contribution in [1.82, 2.24) is 0 Å². The number of rotatable bonds is 10. The fourth-order valence-corrected chi connectivity index (χ4v) is 11.4. The van der Waals surface area contributed by atoms with E-state index in [4.69, 9.17) is 0 Å². The number of para-hydroxylation sites is 1. The van der Waals surface area contributed by atoms with Crippen LogP contribution in [0.3, 0.4) is 0 Å². The van der Waals surface area contributed by atoms with Gasteiger partial charge >= 0.3 is 0 Å². The van der Waals surface area contributed by atoms with Crippen molar-refractivity contribution in [3.8, 4) is 66.8 Å². The minimum Gasteiger partial charge on any atom is -0.310 e. The minimum absolute atomic E-state index is 0.467. The number of hydrogen-bond donors (Lipinski definition) is 0. The lowest BCUT2D eigenvalue weighted by atomic mass is 9.67. The molecule has 1 nitrogen and oxygen atoms in total. The Kier molecular flexibility index (Phi) is 10.8. The summed E-state index contributed by atoms with van der Waals surface area (Å²) in [4.78, 5) is 2.42. The van der Waals surface area contributed by atoms with Crippen LogP contribution in [0.1, 0.15) is 22.3 Å². The molecule has 12 aromatic carbocycles. The van der Waals surface area contributed by atoms with E-state index in [0.29, 0.717) is 0 Å². The third kappa shape index (κ3) is 7.42. The molecule has 1 aliphatic rings. The zero-order valence-corrected chi connectivity index (χ0v) is 39.7. The van der Waals surface area contributed by atoms with Gasteiger partial charge in [0.05, 0.1) is 11.1 Å². The lowest BCUT2D eigenvalue weighted by molar-refractivity contribution is 0.769. The number of hydrogen-bond acceptors (Lipinski definition) is 1. The molecular weight excluding hydrogens is 867 g/mol. The van der Waals surface area contributed by atoms with E-state index in [2.05, 4.69) is 302 Å². The van der Waals surface area contributed by atoms with E-state index in [9.17, 15) is 0 Å². The van der Waals surface area contributed by atoms with Crippen molar-refractivity contribution in [3.05, 3.63) is 320 Å². The van der Waals surface area contributed by atoms with Crippen LogP contribution in [-0.4, -0.2) is 0 Å². The number of fused-ring (bicyclic) bond motifs is 4. The molecule has 0 amide bonds. The molecule has 0 atom stereocenters. The third-order valence-electron chi connectivity index (χ3n) is 14.8. The van der Waals surface area contributed by atoms with Gasteiger partial charge in [-0.25, -0.2) is 0 Å². The van der Waals surface area contributed by atoms with Crippen molar-refractivity contribution in [1.29, 1.82) is 0 Å². The highest BCUT2D eigenvalue weighted by Gasteiger charge is 2.46. The quantitative estimate of drug-likeness (QED) is 0.132. The van der Waals surface area contributed by atoms with Crippen LogP contribution in [-0.2, 0) is 5.41 Å². The van der Waals surface area contributed by atoms with Crippen molar-refractivity contribution in [3.63, 3.8) is 0 Å². The van der Waals surface area contributed by atoms with Gasteiger partial charge in [0.15, 0.2) is 0 Å². The average Bonchev–Trinajstić information content (AvgIpc) is 3.77. The van der Waals surface area contributed by atoms with Crippen molar-refractivity contribution >= 4 is 27.8 Å². The second kappa shape index (κ2) is 18.2. The largest absolute Gasteiger partial charge is 0.310 e. The van der Waals surface area contributed by atoms with Gasteiger partial charge in [-0.05, 0) is 143 Å². The highest BCUT2D eigenvalue weighted by atomic mass is 15.1. The molecule has 0 fully saturated rings. The van der Waals surface area contributed by atoms with E-state index >= 15 is 0 Å². The molecule has 0 radical (unpaired) electrons. The first kappa shape index (κ1) is 42.8. The summed E-state index contributed by atoms with van der Waals surface area (Å²) in [5, 5.41) is 2.49. The molecular formula is C71H49N. The van der Waals surface area contributed by atoms with Gasteiger partial charge < -0.3 is 4.90 Å². The van der Waals surface area contributed by atoms with Gasteiger partial charge in [0.1, 0.15) is 0 Å².